The van der Waals surface area contributed by atoms with Gasteiger partial charge in [-0.2, -0.15) is 0 Å². The second kappa shape index (κ2) is 11.4. The zero-order chi connectivity index (χ0) is 20.4. The monoisotopic (exact) mass is 411 g/mol. The first-order valence-electron chi connectivity index (χ1n) is 10.0. The molecule has 1 aliphatic heterocycles. The summed E-state index contributed by atoms with van der Waals surface area (Å²) in [4.78, 5) is 14.4. The predicted octanol–water partition coefficient (Wildman–Crippen LogP) is 1.63. The van der Waals surface area contributed by atoms with Crippen LogP contribution in [0.4, 0.5) is 5.69 Å². The summed E-state index contributed by atoms with van der Waals surface area (Å²) in [6.07, 6.45) is 3.82. The van der Waals surface area contributed by atoms with E-state index >= 15 is 0 Å². The van der Waals surface area contributed by atoms with Gasteiger partial charge < -0.3 is 10.1 Å². The van der Waals surface area contributed by atoms with Gasteiger partial charge in [-0.1, -0.05) is 19.1 Å². The number of morpholine rings is 1. The Morgan fingerprint density at radius 2 is 1.86 bits per heavy atom. The summed E-state index contributed by atoms with van der Waals surface area (Å²) in [5, 5.41) is 2.92. The number of hydrogen-bond acceptors (Lipinski definition) is 5. The van der Waals surface area contributed by atoms with Gasteiger partial charge in [-0.15, -0.1) is 0 Å². The lowest BCUT2D eigenvalue weighted by Gasteiger charge is -2.26. The van der Waals surface area contributed by atoms with Gasteiger partial charge in [0.15, 0.2) is 0 Å². The summed E-state index contributed by atoms with van der Waals surface area (Å²) in [5.41, 5.74) is 1.80. The van der Waals surface area contributed by atoms with Gasteiger partial charge in [0, 0.05) is 32.6 Å². The molecule has 0 aromatic heterocycles. The average molecular weight is 412 g/mol. The summed E-state index contributed by atoms with van der Waals surface area (Å²) in [7, 11) is -3.38. The van der Waals surface area contributed by atoms with Gasteiger partial charge in [0.1, 0.15) is 0 Å². The van der Waals surface area contributed by atoms with Crippen LogP contribution < -0.4 is 9.62 Å². The third-order valence-electron chi connectivity index (χ3n) is 4.87. The molecule has 0 aliphatic carbocycles. The lowest BCUT2D eigenvalue weighted by molar-refractivity contribution is -0.121. The summed E-state index contributed by atoms with van der Waals surface area (Å²) in [6.45, 7) is 7.43. The molecule has 0 unspecified atom stereocenters. The number of rotatable bonds is 11. The van der Waals surface area contributed by atoms with Crippen LogP contribution in [0.15, 0.2) is 24.3 Å². The number of nitrogens with zero attached hydrogens (tertiary/aromatic N) is 2. The van der Waals surface area contributed by atoms with Gasteiger partial charge in [0.2, 0.25) is 15.9 Å². The van der Waals surface area contributed by atoms with Crippen LogP contribution in [-0.2, 0) is 26.0 Å². The van der Waals surface area contributed by atoms with E-state index < -0.39 is 10.0 Å². The molecular weight excluding hydrogens is 378 g/mol. The fraction of sp³-hybridized carbons (Fsp3) is 0.650. The number of nitrogens with one attached hydrogen (secondary N) is 1. The van der Waals surface area contributed by atoms with Crippen molar-refractivity contribution in [2.75, 3.05) is 56.5 Å². The Balaban J connectivity index is 1.71. The number of carbonyl (C=O) groups excluding carboxylic acids is 1. The zero-order valence-electron chi connectivity index (χ0n) is 17.0. The first-order chi connectivity index (χ1) is 13.4. The molecule has 1 aliphatic rings. The molecule has 1 heterocycles. The van der Waals surface area contributed by atoms with Crippen LogP contribution in [0.1, 0.15) is 31.7 Å². The van der Waals surface area contributed by atoms with Crippen LogP contribution >= 0.6 is 0 Å². The minimum absolute atomic E-state index is 0.0308. The summed E-state index contributed by atoms with van der Waals surface area (Å²) >= 11 is 0. The molecule has 1 amide bonds. The number of benzene rings is 1. The molecule has 7 nitrogen and oxygen atoms in total. The van der Waals surface area contributed by atoms with Gasteiger partial charge >= 0.3 is 0 Å². The van der Waals surface area contributed by atoms with Crippen molar-refractivity contribution >= 4 is 21.6 Å². The van der Waals surface area contributed by atoms with Crippen LogP contribution in [0.25, 0.3) is 0 Å². The van der Waals surface area contributed by atoms with Crippen molar-refractivity contribution in [3.8, 4) is 0 Å². The molecule has 28 heavy (non-hydrogen) atoms. The molecule has 158 valence electrons. The highest BCUT2D eigenvalue weighted by atomic mass is 32.2. The molecule has 1 fully saturated rings. The standard InChI is InChI=1S/C20H33N3O4S/c1-3-18-7-9-19(10-8-18)23(28(2,25)26)13-4-6-20(24)21-11-5-12-22-14-16-27-17-15-22/h7-10H,3-6,11-17H2,1-2H3,(H,21,24). The minimum Gasteiger partial charge on any atom is -0.379 e. The van der Waals surface area contributed by atoms with E-state index in [1.807, 2.05) is 24.3 Å². The molecule has 1 N–H and O–H groups in total. The number of amides is 1. The minimum atomic E-state index is -3.38. The molecule has 0 saturated carbocycles. The average Bonchev–Trinajstić information content (AvgIpc) is 2.68. The summed E-state index contributed by atoms with van der Waals surface area (Å²) in [5.74, 6) is -0.0308. The maximum absolute atomic E-state index is 12.1. The van der Waals surface area contributed by atoms with E-state index in [-0.39, 0.29) is 5.91 Å². The van der Waals surface area contributed by atoms with E-state index in [0.717, 1.165) is 51.3 Å². The maximum Gasteiger partial charge on any atom is 0.232 e. The van der Waals surface area contributed by atoms with Crippen LogP contribution in [0.5, 0.6) is 0 Å². The normalized spacial score (nSPS) is 15.4. The fourth-order valence-electron chi connectivity index (χ4n) is 3.21. The Bertz CT molecular complexity index is 701. The molecular formula is C20H33N3O4S. The fourth-order valence-corrected chi connectivity index (χ4v) is 4.18. The Morgan fingerprint density at radius 1 is 1.18 bits per heavy atom. The maximum atomic E-state index is 12.1. The van der Waals surface area contributed by atoms with E-state index in [1.165, 1.54) is 10.6 Å². The molecule has 1 aromatic carbocycles. The third-order valence-corrected chi connectivity index (χ3v) is 6.07. The lowest BCUT2D eigenvalue weighted by Crippen LogP contribution is -2.38. The van der Waals surface area contributed by atoms with E-state index in [1.54, 1.807) is 0 Å². The largest absolute Gasteiger partial charge is 0.379 e. The highest BCUT2D eigenvalue weighted by molar-refractivity contribution is 7.92. The summed E-state index contributed by atoms with van der Waals surface area (Å²) < 4.78 is 31.0. The van der Waals surface area contributed by atoms with Crippen molar-refractivity contribution in [1.29, 1.82) is 0 Å². The van der Waals surface area contributed by atoms with Gasteiger partial charge in [0.25, 0.3) is 0 Å². The number of carbonyl (C=O) groups is 1. The first-order valence-corrected chi connectivity index (χ1v) is 11.9. The number of sulfonamides is 1. The number of ether oxygens (including phenoxy) is 1. The van der Waals surface area contributed by atoms with Crippen LogP contribution in [0.2, 0.25) is 0 Å². The quantitative estimate of drug-likeness (QED) is 0.560. The van der Waals surface area contributed by atoms with Crippen LogP contribution in [0, 0.1) is 0 Å². The van der Waals surface area contributed by atoms with Crippen molar-refractivity contribution in [2.45, 2.75) is 32.6 Å². The molecule has 0 atom stereocenters. The van der Waals surface area contributed by atoms with Crippen molar-refractivity contribution in [3.05, 3.63) is 29.8 Å². The van der Waals surface area contributed by atoms with Crippen LogP contribution in [0.3, 0.4) is 0 Å². The van der Waals surface area contributed by atoms with Crippen molar-refractivity contribution in [3.63, 3.8) is 0 Å². The second-order valence-electron chi connectivity index (χ2n) is 7.12. The molecule has 0 spiro atoms. The Kier molecular flexibility index (Phi) is 9.21. The van der Waals surface area contributed by atoms with E-state index in [0.29, 0.717) is 31.6 Å². The smallest absolute Gasteiger partial charge is 0.232 e. The lowest BCUT2D eigenvalue weighted by atomic mass is 10.1. The highest BCUT2D eigenvalue weighted by Crippen LogP contribution is 2.19. The topological polar surface area (TPSA) is 79.0 Å². The van der Waals surface area contributed by atoms with Gasteiger partial charge in [0.05, 0.1) is 25.2 Å². The Hall–Kier alpha value is -1.64. The van der Waals surface area contributed by atoms with Crippen LogP contribution in [-0.4, -0.2) is 71.4 Å². The van der Waals surface area contributed by atoms with Crippen molar-refractivity contribution in [2.24, 2.45) is 0 Å². The zero-order valence-corrected chi connectivity index (χ0v) is 17.8. The SMILES string of the molecule is CCc1ccc(N(CCCC(=O)NCCCN2CCOCC2)S(C)(=O)=O)cc1. The Morgan fingerprint density at radius 3 is 2.46 bits per heavy atom. The van der Waals surface area contributed by atoms with Gasteiger partial charge in [-0.05, 0) is 43.5 Å². The van der Waals surface area contributed by atoms with Gasteiger partial charge in [-0.3, -0.25) is 14.0 Å². The van der Waals surface area contributed by atoms with Crippen molar-refractivity contribution < 1.29 is 17.9 Å². The molecule has 1 saturated heterocycles. The predicted molar refractivity (Wildman–Crippen MR) is 112 cm³/mol. The van der Waals surface area contributed by atoms with Crippen molar-refractivity contribution in [1.82, 2.24) is 10.2 Å². The van der Waals surface area contributed by atoms with E-state index in [4.69, 9.17) is 4.74 Å². The highest BCUT2D eigenvalue weighted by Gasteiger charge is 2.17. The molecule has 2 rings (SSSR count). The van der Waals surface area contributed by atoms with E-state index in [2.05, 4.69) is 17.1 Å². The summed E-state index contributed by atoms with van der Waals surface area (Å²) in [6, 6.07) is 7.53. The van der Waals surface area contributed by atoms with Gasteiger partial charge in [-0.25, -0.2) is 8.42 Å². The number of aryl methyl sites for hydroxylation is 1. The molecule has 0 radical (unpaired) electrons. The second-order valence-corrected chi connectivity index (χ2v) is 9.02. The Labute approximate surface area is 169 Å². The first kappa shape index (κ1) is 22.6. The molecule has 0 bridgehead atoms. The third kappa shape index (κ3) is 7.77. The molecule has 1 aromatic rings. The number of hydrogen-bond donors (Lipinski definition) is 1. The number of anilines is 1. The van der Waals surface area contributed by atoms with E-state index in [9.17, 15) is 13.2 Å². The molecule has 8 heteroatoms.